The summed E-state index contributed by atoms with van der Waals surface area (Å²) in [5.74, 6) is 2.39. The number of nitrogens with one attached hydrogen (secondary N) is 3. The molecule has 30 heavy (non-hydrogen) atoms. The van der Waals surface area contributed by atoms with Crippen molar-refractivity contribution in [2.75, 3.05) is 6.54 Å². The highest BCUT2D eigenvalue weighted by atomic mass is 16.6. The summed E-state index contributed by atoms with van der Waals surface area (Å²) in [5, 5.41) is 18.2. The topological polar surface area (TPSA) is 105 Å². The zero-order valence-corrected chi connectivity index (χ0v) is 19.6. The van der Waals surface area contributed by atoms with Gasteiger partial charge in [-0.05, 0) is 54.4 Å². The zero-order chi connectivity index (χ0) is 22.4. The summed E-state index contributed by atoms with van der Waals surface area (Å²) in [5.41, 5.74) is -1.05. The predicted octanol–water partition coefficient (Wildman–Crippen LogP) is 2.79. The maximum Gasteiger partial charge on any atom is 0.408 e. The summed E-state index contributed by atoms with van der Waals surface area (Å²) >= 11 is 0. The molecule has 0 radical (unpaired) electrons. The Morgan fingerprint density at radius 1 is 1.17 bits per heavy atom. The van der Waals surface area contributed by atoms with Gasteiger partial charge in [-0.3, -0.25) is 0 Å². The number of aromatic nitrogens is 3. The van der Waals surface area contributed by atoms with E-state index in [1.165, 1.54) is 19.3 Å². The van der Waals surface area contributed by atoms with E-state index in [4.69, 9.17) is 9.73 Å². The fraction of sp³-hybridized carbons (Fsp3) is 0.810. The minimum Gasteiger partial charge on any atom is -0.444 e. The van der Waals surface area contributed by atoms with E-state index in [0.29, 0.717) is 19.1 Å². The van der Waals surface area contributed by atoms with Crippen molar-refractivity contribution in [1.29, 1.82) is 0 Å². The molecule has 0 atom stereocenters. The number of carbonyl (C=O) groups excluding carboxylic acids is 1. The van der Waals surface area contributed by atoms with Gasteiger partial charge in [0.25, 0.3) is 0 Å². The van der Waals surface area contributed by atoms with Crippen LogP contribution < -0.4 is 16.0 Å². The number of ether oxygens (including phenoxy) is 1. The average Bonchev–Trinajstić information content (AvgIpc) is 2.94. The van der Waals surface area contributed by atoms with E-state index in [0.717, 1.165) is 30.5 Å². The van der Waals surface area contributed by atoms with Gasteiger partial charge in [0.05, 0.1) is 5.54 Å². The van der Waals surface area contributed by atoms with Gasteiger partial charge in [-0.2, -0.15) is 0 Å². The van der Waals surface area contributed by atoms with E-state index in [9.17, 15) is 4.79 Å². The number of aryl methyl sites for hydroxylation is 1. The average molecular weight is 422 g/mol. The third-order valence-electron chi connectivity index (χ3n) is 5.04. The first-order chi connectivity index (χ1) is 14.0. The minimum atomic E-state index is -0.531. The molecule has 1 aliphatic rings. The molecule has 9 heteroatoms. The molecule has 170 valence electrons. The van der Waals surface area contributed by atoms with Crippen LogP contribution in [0.3, 0.4) is 0 Å². The lowest BCUT2D eigenvalue weighted by Gasteiger charge is -2.30. The number of aliphatic imine (C=N–C) groups is 1. The number of hydrogen-bond acceptors (Lipinski definition) is 5. The second-order valence-electron chi connectivity index (χ2n) is 9.73. The summed E-state index contributed by atoms with van der Waals surface area (Å²) in [6.07, 6.45) is 5.62. The summed E-state index contributed by atoms with van der Waals surface area (Å²) in [7, 11) is 1.94. The van der Waals surface area contributed by atoms with Crippen LogP contribution in [0.25, 0.3) is 0 Å². The molecule has 3 N–H and O–H groups in total. The van der Waals surface area contributed by atoms with Gasteiger partial charge in [-0.25, -0.2) is 9.79 Å². The Bertz CT molecular complexity index is 728. The van der Waals surface area contributed by atoms with Crippen molar-refractivity contribution in [3.8, 4) is 0 Å². The number of nitrogens with zero attached hydrogens (tertiary/aromatic N) is 4. The first kappa shape index (κ1) is 24.0. The smallest absolute Gasteiger partial charge is 0.408 e. The summed E-state index contributed by atoms with van der Waals surface area (Å²) in [6, 6.07) is 0.410. The highest BCUT2D eigenvalue weighted by Gasteiger charge is 2.25. The number of guanidine groups is 1. The van der Waals surface area contributed by atoms with E-state index in [1.54, 1.807) is 0 Å². The van der Waals surface area contributed by atoms with Crippen LogP contribution in [0.4, 0.5) is 4.79 Å². The molecule has 1 aromatic heterocycles. The fourth-order valence-electron chi connectivity index (χ4n) is 3.26. The Morgan fingerprint density at radius 3 is 2.40 bits per heavy atom. The SMILES string of the molecule is Cc1nnc(CN=C(NCC(C)(C)NC(=O)OC(C)(C)C)NC2CCCCC2)n1C. The molecule has 2 rings (SSSR count). The molecule has 0 saturated heterocycles. The molecule has 1 saturated carbocycles. The second-order valence-corrected chi connectivity index (χ2v) is 9.73. The molecular weight excluding hydrogens is 382 g/mol. The minimum absolute atomic E-state index is 0.410. The van der Waals surface area contributed by atoms with E-state index >= 15 is 0 Å². The van der Waals surface area contributed by atoms with Crippen molar-refractivity contribution in [3.63, 3.8) is 0 Å². The zero-order valence-electron chi connectivity index (χ0n) is 19.6. The Morgan fingerprint density at radius 2 is 1.83 bits per heavy atom. The Labute approximate surface area is 180 Å². The van der Waals surface area contributed by atoms with Crippen molar-refractivity contribution >= 4 is 12.1 Å². The van der Waals surface area contributed by atoms with Gasteiger partial charge in [0, 0.05) is 19.6 Å². The number of amides is 1. The first-order valence-corrected chi connectivity index (χ1v) is 10.9. The maximum absolute atomic E-state index is 12.2. The number of alkyl carbamates (subject to hydrolysis) is 1. The van der Waals surface area contributed by atoms with Gasteiger partial charge in [-0.15, -0.1) is 10.2 Å². The third-order valence-corrected chi connectivity index (χ3v) is 5.04. The van der Waals surface area contributed by atoms with Gasteiger partial charge in [0.15, 0.2) is 11.8 Å². The Balaban J connectivity index is 2.01. The molecule has 1 aromatic rings. The number of rotatable bonds is 6. The molecule has 1 fully saturated rings. The summed E-state index contributed by atoms with van der Waals surface area (Å²) < 4.78 is 7.32. The Hall–Kier alpha value is -2.32. The van der Waals surface area contributed by atoms with Gasteiger partial charge >= 0.3 is 6.09 Å². The molecule has 1 heterocycles. The molecular formula is C21H39N7O2. The number of hydrogen-bond donors (Lipinski definition) is 3. The molecule has 0 unspecified atom stereocenters. The lowest BCUT2D eigenvalue weighted by molar-refractivity contribution is 0.0474. The van der Waals surface area contributed by atoms with Crippen molar-refractivity contribution in [2.24, 2.45) is 12.0 Å². The highest BCUT2D eigenvalue weighted by Crippen LogP contribution is 2.17. The van der Waals surface area contributed by atoms with Gasteiger partial charge in [0.1, 0.15) is 18.0 Å². The second kappa shape index (κ2) is 10.1. The largest absolute Gasteiger partial charge is 0.444 e. The van der Waals surface area contributed by atoms with Crippen molar-refractivity contribution in [2.45, 2.75) is 97.4 Å². The van der Waals surface area contributed by atoms with Crippen molar-refractivity contribution < 1.29 is 9.53 Å². The van der Waals surface area contributed by atoms with Crippen LogP contribution in [0.2, 0.25) is 0 Å². The standard InChI is InChI=1S/C21H39N7O2/c1-15-26-27-17(28(15)7)13-22-18(24-16-11-9-8-10-12-16)23-14-21(5,6)25-19(29)30-20(2,3)4/h16H,8-14H2,1-7H3,(H,25,29)(H2,22,23,24). The van der Waals surface area contributed by atoms with Crippen LogP contribution in [0.1, 0.15) is 78.4 Å². The van der Waals surface area contributed by atoms with E-state index in [2.05, 4.69) is 26.1 Å². The summed E-state index contributed by atoms with van der Waals surface area (Å²) in [4.78, 5) is 16.9. The Kier molecular flexibility index (Phi) is 8.09. The molecule has 0 bridgehead atoms. The molecule has 0 spiro atoms. The maximum atomic E-state index is 12.2. The van der Waals surface area contributed by atoms with Gasteiger partial charge in [-0.1, -0.05) is 19.3 Å². The highest BCUT2D eigenvalue weighted by molar-refractivity contribution is 5.80. The third kappa shape index (κ3) is 8.20. The molecule has 0 aromatic carbocycles. The van der Waals surface area contributed by atoms with Crippen molar-refractivity contribution in [3.05, 3.63) is 11.6 Å². The van der Waals surface area contributed by atoms with Gasteiger partial charge in [0.2, 0.25) is 0 Å². The van der Waals surface area contributed by atoms with Crippen LogP contribution in [0, 0.1) is 6.92 Å². The normalized spacial score (nSPS) is 16.3. The van der Waals surface area contributed by atoms with Crippen LogP contribution in [0.5, 0.6) is 0 Å². The van der Waals surface area contributed by atoms with Crippen LogP contribution in [0.15, 0.2) is 4.99 Å². The number of carbonyl (C=O) groups is 1. The summed E-state index contributed by atoms with van der Waals surface area (Å²) in [6.45, 7) is 12.3. The van der Waals surface area contributed by atoms with E-state index in [1.807, 2.05) is 53.2 Å². The molecule has 1 aliphatic carbocycles. The molecule has 9 nitrogen and oxygen atoms in total. The molecule has 0 aliphatic heterocycles. The lowest BCUT2D eigenvalue weighted by Crippen LogP contribution is -2.55. The predicted molar refractivity (Wildman–Crippen MR) is 118 cm³/mol. The first-order valence-electron chi connectivity index (χ1n) is 10.9. The molecule has 1 amide bonds. The van der Waals surface area contributed by atoms with E-state index < -0.39 is 17.2 Å². The lowest BCUT2D eigenvalue weighted by atomic mass is 9.96. The van der Waals surface area contributed by atoms with Crippen LogP contribution >= 0.6 is 0 Å². The quantitative estimate of drug-likeness (QED) is 0.482. The van der Waals surface area contributed by atoms with E-state index in [-0.39, 0.29) is 0 Å². The van der Waals surface area contributed by atoms with Crippen LogP contribution in [-0.4, -0.2) is 50.5 Å². The fourth-order valence-corrected chi connectivity index (χ4v) is 3.26. The monoisotopic (exact) mass is 421 g/mol. The van der Waals surface area contributed by atoms with Gasteiger partial charge < -0.3 is 25.3 Å². The van der Waals surface area contributed by atoms with Crippen molar-refractivity contribution in [1.82, 2.24) is 30.7 Å². The van der Waals surface area contributed by atoms with Crippen LogP contribution in [-0.2, 0) is 18.3 Å².